The van der Waals surface area contributed by atoms with Crippen molar-refractivity contribution in [3.05, 3.63) is 59.4 Å². The predicted molar refractivity (Wildman–Crippen MR) is 93.3 cm³/mol. The molecule has 1 aromatic heterocycles. The van der Waals surface area contributed by atoms with Crippen molar-refractivity contribution in [2.45, 2.75) is 6.92 Å². The van der Waals surface area contributed by atoms with Gasteiger partial charge in [-0.3, -0.25) is 20.4 Å². The van der Waals surface area contributed by atoms with Gasteiger partial charge in [0.1, 0.15) is 18.8 Å². The Labute approximate surface area is 148 Å². The van der Waals surface area contributed by atoms with Crippen LogP contribution in [0.4, 0.5) is 0 Å². The third kappa shape index (κ3) is 2.83. The van der Waals surface area contributed by atoms with Crippen LogP contribution >= 0.6 is 0 Å². The summed E-state index contributed by atoms with van der Waals surface area (Å²) in [4.78, 5) is 24.6. The van der Waals surface area contributed by atoms with Gasteiger partial charge in [0.15, 0.2) is 17.3 Å². The molecule has 132 valence electrons. The number of hydrogen-bond acceptors (Lipinski definition) is 5. The van der Waals surface area contributed by atoms with Crippen molar-refractivity contribution in [1.82, 2.24) is 10.9 Å². The minimum Gasteiger partial charge on any atom is -0.486 e. The van der Waals surface area contributed by atoms with E-state index in [0.717, 1.165) is 5.39 Å². The molecular formula is C19H16N2O5. The maximum Gasteiger partial charge on any atom is 0.305 e. The molecule has 0 spiro atoms. The summed E-state index contributed by atoms with van der Waals surface area (Å²) >= 11 is 0. The Morgan fingerprint density at radius 3 is 2.46 bits per heavy atom. The molecule has 4 rings (SSSR count). The van der Waals surface area contributed by atoms with Gasteiger partial charge in [0, 0.05) is 16.5 Å². The zero-order valence-electron chi connectivity index (χ0n) is 14.0. The van der Waals surface area contributed by atoms with Crippen molar-refractivity contribution in [3.63, 3.8) is 0 Å². The fourth-order valence-corrected chi connectivity index (χ4v) is 2.82. The van der Waals surface area contributed by atoms with Crippen LogP contribution in [0, 0.1) is 6.92 Å². The van der Waals surface area contributed by atoms with Crippen LogP contribution in [-0.2, 0) is 0 Å². The van der Waals surface area contributed by atoms with Crippen LogP contribution in [0.2, 0.25) is 0 Å². The fraction of sp³-hybridized carbons (Fsp3) is 0.158. The third-order valence-electron chi connectivity index (χ3n) is 4.14. The van der Waals surface area contributed by atoms with Gasteiger partial charge >= 0.3 is 5.91 Å². The number of ether oxygens (including phenoxy) is 2. The Morgan fingerprint density at radius 2 is 1.65 bits per heavy atom. The van der Waals surface area contributed by atoms with Gasteiger partial charge in [-0.2, -0.15) is 0 Å². The summed E-state index contributed by atoms with van der Waals surface area (Å²) in [6, 6.07) is 12.2. The van der Waals surface area contributed by atoms with E-state index in [9.17, 15) is 9.59 Å². The first-order chi connectivity index (χ1) is 12.6. The van der Waals surface area contributed by atoms with Gasteiger partial charge in [0.2, 0.25) is 0 Å². The van der Waals surface area contributed by atoms with Crippen LogP contribution in [0.5, 0.6) is 11.5 Å². The summed E-state index contributed by atoms with van der Waals surface area (Å²) in [5.74, 6) is 0.264. The summed E-state index contributed by atoms with van der Waals surface area (Å²) < 4.78 is 16.4. The Bertz CT molecular complexity index is 1010. The first kappa shape index (κ1) is 16.0. The number of hydrazine groups is 1. The second-order valence-electron chi connectivity index (χ2n) is 5.82. The van der Waals surface area contributed by atoms with Crippen molar-refractivity contribution >= 4 is 22.8 Å². The van der Waals surface area contributed by atoms with Crippen molar-refractivity contribution in [2.24, 2.45) is 0 Å². The van der Waals surface area contributed by atoms with Crippen LogP contribution in [-0.4, -0.2) is 25.0 Å². The molecule has 0 atom stereocenters. The molecule has 26 heavy (non-hydrogen) atoms. The van der Waals surface area contributed by atoms with Crippen LogP contribution < -0.4 is 20.3 Å². The van der Waals surface area contributed by atoms with Gasteiger partial charge in [-0.05, 0) is 31.2 Å². The Kier molecular flexibility index (Phi) is 3.96. The van der Waals surface area contributed by atoms with Crippen molar-refractivity contribution in [1.29, 1.82) is 0 Å². The summed E-state index contributed by atoms with van der Waals surface area (Å²) in [5.41, 5.74) is 6.43. The lowest BCUT2D eigenvalue weighted by Gasteiger charge is -2.18. The zero-order valence-corrected chi connectivity index (χ0v) is 14.0. The van der Waals surface area contributed by atoms with Crippen molar-refractivity contribution < 1.29 is 23.5 Å². The third-order valence-corrected chi connectivity index (χ3v) is 4.14. The highest BCUT2D eigenvalue weighted by atomic mass is 16.6. The van der Waals surface area contributed by atoms with E-state index in [2.05, 4.69) is 10.9 Å². The number of carbonyl (C=O) groups excluding carboxylic acids is 2. The Hall–Kier alpha value is -3.48. The van der Waals surface area contributed by atoms with E-state index >= 15 is 0 Å². The molecule has 0 fully saturated rings. The second-order valence-corrected chi connectivity index (χ2v) is 5.82. The monoisotopic (exact) mass is 352 g/mol. The summed E-state index contributed by atoms with van der Waals surface area (Å²) in [6.45, 7) is 2.70. The van der Waals surface area contributed by atoms with Gasteiger partial charge in [-0.15, -0.1) is 0 Å². The average molecular weight is 352 g/mol. The molecule has 0 saturated heterocycles. The van der Waals surface area contributed by atoms with E-state index < -0.39 is 11.8 Å². The molecule has 2 amide bonds. The molecule has 2 heterocycles. The lowest BCUT2D eigenvalue weighted by Crippen LogP contribution is -2.41. The molecule has 0 saturated carbocycles. The van der Waals surface area contributed by atoms with E-state index in [0.29, 0.717) is 41.4 Å². The van der Waals surface area contributed by atoms with Crippen LogP contribution in [0.15, 0.2) is 46.9 Å². The molecule has 0 bridgehead atoms. The summed E-state index contributed by atoms with van der Waals surface area (Å²) in [6.07, 6.45) is 0. The van der Waals surface area contributed by atoms with Gasteiger partial charge < -0.3 is 13.9 Å². The van der Waals surface area contributed by atoms with Crippen LogP contribution in [0.25, 0.3) is 11.0 Å². The Balaban J connectivity index is 1.47. The number of benzene rings is 2. The van der Waals surface area contributed by atoms with Crippen LogP contribution in [0.1, 0.15) is 26.5 Å². The molecule has 2 N–H and O–H groups in total. The molecule has 0 unspecified atom stereocenters. The van der Waals surface area contributed by atoms with E-state index in [4.69, 9.17) is 13.9 Å². The van der Waals surface area contributed by atoms with Crippen molar-refractivity contribution in [2.75, 3.05) is 13.2 Å². The summed E-state index contributed by atoms with van der Waals surface area (Å²) in [7, 11) is 0. The molecule has 0 aliphatic carbocycles. The van der Waals surface area contributed by atoms with Crippen LogP contribution in [0.3, 0.4) is 0 Å². The van der Waals surface area contributed by atoms with E-state index in [1.165, 1.54) is 0 Å². The van der Waals surface area contributed by atoms with Gasteiger partial charge in [0.05, 0.1) is 0 Å². The average Bonchev–Trinajstić information content (AvgIpc) is 3.02. The second kappa shape index (κ2) is 6.44. The number of para-hydroxylation sites is 1. The topological polar surface area (TPSA) is 89.8 Å². The molecule has 0 radical (unpaired) electrons. The number of fused-ring (bicyclic) bond motifs is 2. The number of rotatable bonds is 2. The van der Waals surface area contributed by atoms with E-state index in [1.807, 2.05) is 18.2 Å². The smallest absolute Gasteiger partial charge is 0.305 e. The minimum atomic E-state index is -0.524. The normalized spacial score (nSPS) is 12.7. The Morgan fingerprint density at radius 1 is 0.923 bits per heavy atom. The number of aryl methyl sites for hydroxylation is 1. The lowest BCUT2D eigenvalue weighted by atomic mass is 10.1. The van der Waals surface area contributed by atoms with Crippen molar-refractivity contribution in [3.8, 4) is 11.5 Å². The molecule has 7 nitrogen and oxygen atoms in total. The highest BCUT2D eigenvalue weighted by Crippen LogP contribution is 2.30. The first-order valence-electron chi connectivity index (χ1n) is 8.12. The number of hydrogen-bond donors (Lipinski definition) is 2. The lowest BCUT2D eigenvalue weighted by molar-refractivity contribution is 0.0831. The quantitative estimate of drug-likeness (QED) is 0.692. The van der Waals surface area contributed by atoms with Gasteiger partial charge in [0.25, 0.3) is 5.91 Å². The maximum atomic E-state index is 12.3. The van der Waals surface area contributed by atoms with Gasteiger partial charge in [-0.25, -0.2) is 0 Å². The van der Waals surface area contributed by atoms with E-state index in [-0.39, 0.29) is 5.76 Å². The predicted octanol–water partition coefficient (Wildman–Crippen LogP) is 2.59. The van der Waals surface area contributed by atoms with E-state index in [1.54, 1.807) is 31.2 Å². The SMILES string of the molecule is Cc1c(C(=O)NNC(=O)c2ccc3c(c2)OCCO3)oc2ccccc12. The number of carbonyl (C=O) groups is 2. The molecule has 7 heteroatoms. The van der Waals surface area contributed by atoms with Gasteiger partial charge in [-0.1, -0.05) is 18.2 Å². The molecule has 2 aromatic carbocycles. The largest absolute Gasteiger partial charge is 0.486 e. The minimum absolute atomic E-state index is 0.161. The molecule has 1 aliphatic rings. The molecule has 1 aliphatic heterocycles. The number of amides is 2. The maximum absolute atomic E-state index is 12.3. The first-order valence-corrected chi connectivity index (χ1v) is 8.12. The standard InChI is InChI=1S/C19H16N2O5/c1-11-13-4-2-3-5-14(13)26-17(11)19(23)21-20-18(22)12-6-7-15-16(10-12)25-9-8-24-15/h2-7,10H,8-9H2,1H3,(H,20,22)(H,21,23). The fourth-order valence-electron chi connectivity index (χ4n) is 2.82. The number of furan rings is 1. The molecule has 3 aromatic rings. The highest BCUT2D eigenvalue weighted by Gasteiger charge is 2.19. The molecular weight excluding hydrogens is 336 g/mol. The highest BCUT2D eigenvalue weighted by molar-refractivity contribution is 6.01. The number of nitrogens with one attached hydrogen (secondary N) is 2. The summed E-state index contributed by atoms with van der Waals surface area (Å²) in [5, 5.41) is 0.857. The zero-order chi connectivity index (χ0) is 18.1.